The topological polar surface area (TPSA) is 49.4 Å². The van der Waals surface area contributed by atoms with E-state index in [9.17, 15) is 9.59 Å². The van der Waals surface area contributed by atoms with Gasteiger partial charge in [-0.2, -0.15) is 0 Å². The molecule has 0 unspecified atom stereocenters. The first-order chi connectivity index (χ1) is 11.5. The highest BCUT2D eigenvalue weighted by Gasteiger charge is 2.13. The Morgan fingerprint density at radius 1 is 1.08 bits per heavy atom. The minimum atomic E-state index is -0.297. The van der Waals surface area contributed by atoms with Gasteiger partial charge in [-0.1, -0.05) is 41.4 Å². The molecule has 0 saturated heterocycles. The standard InChI is InChI=1S/C17H16Cl2N2O2S/c1-21(17(23)11-24-13-5-3-2-4-6-13)10-16(22)20-12-7-8-14(18)15(19)9-12/h2-9H,10-11H2,1H3,(H,20,22). The molecule has 0 heterocycles. The SMILES string of the molecule is CN(CC(=O)Nc1ccc(Cl)c(Cl)c1)C(=O)CSc1ccccc1. The number of hydrogen-bond acceptors (Lipinski definition) is 3. The minimum Gasteiger partial charge on any atom is -0.336 e. The zero-order valence-electron chi connectivity index (χ0n) is 13.0. The molecule has 2 rings (SSSR count). The zero-order chi connectivity index (χ0) is 17.5. The minimum absolute atomic E-state index is 0.0333. The summed E-state index contributed by atoms with van der Waals surface area (Å²) >= 11 is 13.2. The first-order valence-corrected chi connectivity index (χ1v) is 8.86. The second-order valence-electron chi connectivity index (χ2n) is 5.03. The van der Waals surface area contributed by atoms with E-state index in [0.29, 0.717) is 15.7 Å². The van der Waals surface area contributed by atoms with E-state index in [1.807, 2.05) is 30.3 Å². The molecule has 0 aliphatic carbocycles. The third-order valence-corrected chi connectivity index (χ3v) is 4.85. The molecule has 1 N–H and O–H groups in total. The molecule has 7 heteroatoms. The molecule has 0 atom stereocenters. The van der Waals surface area contributed by atoms with Gasteiger partial charge < -0.3 is 10.2 Å². The van der Waals surface area contributed by atoms with Crippen LogP contribution < -0.4 is 5.32 Å². The molecular formula is C17H16Cl2N2O2S. The first-order valence-electron chi connectivity index (χ1n) is 7.12. The van der Waals surface area contributed by atoms with Gasteiger partial charge in [-0.05, 0) is 30.3 Å². The molecule has 126 valence electrons. The summed E-state index contributed by atoms with van der Waals surface area (Å²) in [5.41, 5.74) is 0.536. The lowest BCUT2D eigenvalue weighted by Crippen LogP contribution is -2.35. The fraction of sp³-hybridized carbons (Fsp3) is 0.176. The molecule has 24 heavy (non-hydrogen) atoms. The Bertz CT molecular complexity index is 726. The van der Waals surface area contributed by atoms with Gasteiger partial charge in [0.05, 0.1) is 22.3 Å². The molecular weight excluding hydrogens is 367 g/mol. The molecule has 0 fully saturated rings. The smallest absolute Gasteiger partial charge is 0.243 e. The highest BCUT2D eigenvalue weighted by atomic mass is 35.5. The van der Waals surface area contributed by atoms with E-state index in [4.69, 9.17) is 23.2 Å². The third-order valence-electron chi connectivity index (χ3n) is 3.12. The van der Waals surface area contributed by atoms with E-state index in [-0.39, 0.29) is 24.1 Å². The van der Waals surface area contributed by atoms with Crippen molar-refractivity contribution in [3.63, 3.8) is 0 Å². The van der Waals surface area contributed by atoms with Crippen LogP contribution in [0.25, 0.3) is 0 Å². The number of amides is 2. The van der Waals surface area contributed by atoms with Gasteiger partial charge in [-0.25, -0.2) is 0 Å². The van der Waals surface area contributed by atoms with E-state index in [1.54, 1.807) is 25.2 Å². The van der Waals surface area contributed by atoms with Crippen LogP contribution in [0.3, 0.4) is 0 Å². The molecule has 0 spiro atoms. The Kier molecular flexibility index (Phi) is 6.97. The van der Waals surface area contributed by atoms with Crippen LogP contribution in [-0.2, 0) is 9.59 Å². The lowest BCUT2D eigenvalue weighted by Gasteiger charge is -2.16. The zero-order valence-corrected chi connectivity index (χ0v) is 15.3. The Hall–Kier alpha value is -1.69. The van der Waals surface area contributed by atoms with Crippen molar-refractivity contribution in [1.82, 2.24) is 4.90 Å². The van der Waals surface area contributed by atoms with E-state index >= 15 is 0 Å². The van der Waals surface area contributed by atoms with E-state index in [1.165, 1.54) is 16.7 Å². The summed E-state index contributed by atoms with van der Waals surface area (Å²) in [6.07, 6.45) is 0. The Morgan fingerprint density at radius 3 is 2.46 bits per heavy atom. The number of carbonyl (C=O) groups is 2. The van der Waals surface area contributed by atoms with Gasteiger partial charge in [-0.3, -0.25) is 9.59 Å². The van der Waals surface area contributed by atoms with Crippen molar-refractivity contribution in [3.8, 4) is 0 Å². The maximum Gasteiger partial charge on any atom is 0.243 e. The second kappa shape index (κ2) is 8.97. The average Bonchev–Trinajstić information content (AvgIpc) is 2.56. The van der Waals surface area contributed by atoms with Gasteiger partial charge in [-0.15, -0.1) is 11.8 Å². The predicted molar refractivity (Wildman–Crippen MR) is 99.9 cm³/mol. The van der Waals surface area contributed by atoms with Crippen molar-refractivity contribution in [3.05, 3.63) is 58.6 Å². The summed E-state index contributed by atoms with van der Waals surface area (Å²) in [6, 6.07) is 14.5. The number of thioether (sulfide) groups is 1. The van der Waals surface area contributed by atoms with Gasteiger partial charge in [0, 0.05) is 17.6 Å². The summed E-state index contributed by atoms with van der Waals surface area (Å²) in [7, 11) is 1.60. The maximum absolute atomic E-state index is 12.1. The first kappa shape index (κ1) is 18.6. The average molecular weight is 383 g/mol. The van der Waals surface area contributed by atoms with Crippen LogP contribution in [0.1, 0.15) is 0 Å². The molecule has 2 aromatic rings. The molecule has 4 nitrogen and oxygen atoms in total. The van der Waals surface area contributed by atoms with Gasteiger partial charge >= 0.3 is 0 Å². The van der Waals surface area contributed by atoms with Crippen LogP contribution >= 0.6 is 35.0 Å². The van der Waals surface area contributed by atoms with Crippen LogP contribution in [0.15, 0.2) is 53.4 Å². The largest absolute Gasteiger partial charge is 0.336 e. The third kappa shape index (κ3) is 5.74. The molecule has 0 radical (unpaired) electrons. The van der Waals surface area contributed by atoms with Crippen LogP contribution in [0.2, 0.25) is 10.0 Å². The number of anilines is 1. The van der Waals surface area contributed by atoms with Gasteiger partial charge in [0.1, 0.15) is 0 Å². The summed E-state index contributed by atoms with van der Waals surface area (Å²) in [4.78, 5) is 26.5. The number of halogens is 2. The molecule has 0 aliphatic heterocycles. The van der Waals surface area contributed by atoms with Crippen molar-refractivity contribution < 1.29 is 9.59 Å². The number of nitrogens with one attached hydrogen (secondary N) is 1. The van der Waals surface area contributed by atoms with E-state index in [2.05, 4.69) is 5.32 Å². The molecule has 2 amide bonds. The fourth-order valence-corrected chi connectivity index (χ4v) is 3.01. The number of rotatable bonds is 6. The second-order valence-corrected chi connectivity index (χ2v) is 6.89. The molecule has 2 aromatic carbocycles. The van der Waals surface area contributed by atoms with Crippen LogP contribution in [0.5, 0.6) is 0 Å². The number of likely N-dealkylation sites (N-methyl/N-ethyl adjacent to an activating group) is 1. The van der Waals surface area contributed by atoms with Crippen LogP contribution in [0.4, 0.5) is 5.69 Å². The predicted octanol–water partition coefficient (Wildman–Crippen LogP) is 4.18. The molecule has 0 aromatic heterocycles. The van der Waals surface area contributed by atoms with Crippen LogP contribution in [-0.4, -0.2) is 36.1 Å². The van der Waals surface area contributed by atoms with E-state index < -0.39 is 0 Å². The van der Waals surface area contributed by atoms with Crippen LogP contribution in [0, 0.1) is 0 Å². The lowest BCUT2D eigenvalue weighted by molar-refractivity contribution is -0.131. The van der Waals surface area contributed by atoms with Crippen molar-refractivity contribution in [2.45, 2.75) is 4.90 Å². The number of hydrogen-bond donors (Lipinski definition) is 1. The normalized spacial score (nSPS) is 10.3. The molecule has 0 saturated carbocycles. The van der Waals surface area contributed by atoms with Gasteiger partial charge in [0.25, 0.3) is 0 Å². The summed E-state index contributed by atoms with van der Waals surface area (Å²) in [5, 5.41) is 3.46. The molecule has 0 aliphatic rings. The maximum atomic E-state index is 12.1. The van der Waals surface area contributed by atoms with E-state index in [0.717, 1.165) is 4.90 Å². The van der Waals surface area contributed by atoms with Crippen molar-refractivity contribution in [2.75, 3.05) is 24.7 Å². The summed E-state index contributed by atoms with van der Waals surface area (Å²) in [6.45, 7) is -0.0333. The number of carbonyl (C=O) groups excluding carboxylic acids is 2. The van der Waals surface area contributed by atoms with Crippen molar-refractivity contribution in [2.24, 2.45) is 0 Å². The number of benzene rings is 2. The fourth-order valence-electron chi connectivity index (χ4n) is 1.85. The van der Waals surface area contributed by atoms with Gasteiger partial charge in [0.2, 0.25) is 11.8 Å². The summed E-state index contributed by atoms with van der Waals surface area (Å²) in [5.74, 6) is -0.136. The quantitative estimate of drug-likeness (QED) is 0.762. The highest BCUT2D eigenvalue weighted by molar-refractivity contribution is 8.00. The highest BCUT2D eigenvalue weighted by Crippen LogP contribution is 2.25. The monoisotopic (exact) mass is 382 g/mol. The Balaban J connectivity index is 1.81. The van der Waals surface area contributed by atoms with Crippen molar-refractivity contribution in [1.29, 1.82) is 0 Å². The number of nitrogens with zero attached hydrogens (tertiary/aromatic N) is 1. The van der Waals surface area contributed by atoms with Gasteiger partial charge in [0.15, 0.2) is 0 Å². The van der Waals surface area contributed by atoms with Crippen molar-refractivity contribution >= 4 is 52.5 Å². The molecule has 0 bridgehead atoms. The lowest BCUT2D eigenvalue weighted by atomic mass is 10.3. The Labute approximate surface area is 155 Å². The Morgan fingerprint density at radius 2 is 1.79 bits per heavy atom. The summed E-state index contributed by atoms with van der Waals surface area (Å²) < 4.78 is 0.